The molecule has 0 bridgehead atoms. The summed E-state index contributed by atoms with van der Waals surface area (Å²) in [6.07, 6.45) is 0. The molecule has 120 valence electrons. The van der Waals surface area contributed by atoms with Crippen molar-refractivity contribution < 1.29 is 9.47 Å². The van der Waals surface area contributed by atoms with Crippen molar-refractivity contribution in [2.45, 2.75) is 6.61 Å². The summed E-state index contributed by atoms with van der Waals surface area (Å²) >= 11 is 10.7. The molecule has 0 aliphatic heterocycles. The van der Waals surface area contributed by atoms with Crippen molar-refractivity contribution in [3.8, 4) is 5.75 Å². The lowest BCUT2D eigenvalue weighted by Gasteiger charge is -2.18. The van der Waals surface area contributed by atoms with Gasteiger partial charge in [0.05, 0.1) is 7.11 Å². The van der Waals surface area contributed by atoms with Gasteiger partial charge in [0, 0.05) is 25.2 Å². The van der Waals surface area contributed by atoms with E-state index in [0.717, 1.165) is 22.4 Å². The Hall–Kier alpha value is -1.98. The smallest absolute Gasteiger partial charge is 0.191 e. The minimum absolute atomic E-state index is 0.398. The van der Waals surface area contributed by atoms with Gasteiger partial charge in [-0.25, -0.2) is 0 Å². The van der Waals surface area contributed by atoms with Crippen molar-refractivity contribution in [1.82, 2.24) is 4.90 Å². The molecule has 0 unspecified atom stereocenters. The quantitative estimate of drug-likeness (QED) is 0.766. The zero-order valence-corrected chi connectivity index (χ0v) is 15.0. The molecule has 0 aliphatic rings. The number of hydrogen-bond donors (Lipinski definition) is 0. The van der Waals surface area contributed by atoms with Crippen molar-refractivity contribution in [1.29, 1.82) is 0 Å². The Morgan fingerprint density at radius 2 is 1.70 bits per heavy atom. The predicted octanol–water partition coefficient (Wildman–Crippen LogP) is 3.82. The number of ether oxygens (including phenoxy) is 2. The number of rotatable bonds is 5. The Morgan fingerprint density at radius 1 is 1.00 bits per heavy atom. The van der Waals surface area contributed by atoms with Crippen LogP contribution in [0.25, 0.3) is 0 Å². The van der Waals surface area contributed by atoms with Crippen LogP contribution in [0.1, 0.15) is 16.7 Å². The average molecular weight is 345 g/mol. The van der Waals surface area contributed by atoms with E-state index >= 15 is 0 Å². The summed E-state index contributed by atoms with van der Waals surface area (Å²) in [6.45, 7) is 0.498. The van der Waals surface area contributed by atoms with Gasteiger partial charge in [-0.3, -0.25) is 0 Å². The molecule has 23 heavy (non-hydrogen) atoms. The summed E-state index contributed by atoms with van der Waals surface area (Å²) in [6, 6.07) is 15.7. The maximum absolute atomic E-state index is 5.85. The van der Waals surface area contributed by atoms with Gasteiger partial charge in [0.1, 0.15) is 17.3 Å². The van der Waals surface area contributed by atoms with E-state index in [1.807, 2.05) is 67.5 Å². The third-order valence-corrected chi connectivity index (χ3v) is 4.25. The van der Waals surface area contributed by atoms with Crippen LogP contribution < -0.4 is 4.74 Å². The van der Waals surface area contributed by atoms with Crippen molar-refractivity contribution in [3.63, 3.8) is 0 Å². The van der Waals surface area contributed by atoms with Gasteiger partial charge in [-0.1, -0.05) is 42.5 Å². The van der Waals surface area contributed by atoms with E-state index in [1.165, 1.54) is 0 Å². The molecular weight excluding hydrogens is 326 g/mol. The van der Waals surface area contributed by atoms with Crippen LogP contribution in [-0.4, -0.2) is 36.1 Å². The van der Waals surface area contributed by atoms with Crippen LogP contribution in [0.15, 0.2) is 48.5 Å². The van der Waals surface area contributed by atoms with Crippen LogP contribution in [0.5, 0.6) is 5.75 Å². The summed E-state index contributed by atoms with van der Waals surface area (Å²) in [5, 5.41) is 0.398. The molecule has 0 amide bonds. The Bertz CT molecular complexity index is 699. The van der Waals surface area contributed by atoms with Crippen molar-refractivity contribution in [2.75, 3.05) is 21.2 Å². The van der Waals surface area contributed by atoms with E-state index in [9.17, 15) is 0 Å². The number of hydrogen-bond acceptors (Lipinski definition) is 4. The first kappa shape index (κ1) is 17.4. The van der Waals surface area contributed by atoms with Gasteiger partial charge in [0.15, 0.2) is 5.05 Å². The Labute approximate surface area is 147 Å². The first-order valence-electron chi connectivity index (χ1n) is 7.13. The molecule has 0 spiro atoms. The minimum Gasteiger partial charge on any atom is -0.489 e. The van der Waals surface area contributed by atoms with Crippen LogP contribution in [0.2, 0.25) is 0 Å². The molecule has 0 fully saturated rings. The Kier molecular flexibility index (Phi) is 6.07. The minimum atomic E-state index is 0.398. The third kappa shape index (κ3) is 4.50. The Balaban J connectivity index is 2.25. The highest BCUT2D eigenvalue weighted by Crippen LogP contribution is 2.22. The number of methoxy groups -OCH3 is 1. The number of benzene rings is 2. The van der Waals surface area contributed by atoms with E-state index in [2.05, 4.69) is 0 Å². The lowest BCUT2D eigenvalue weighted by atomic mass is 10.1. The normalized spacial score (nSPS) is 10.0. The molecule has 0 radical (unpaired) electrons. The van der Waals surface area contributed by atoms with Gasteiger partial charge in [-0.2, -0.15) is 0 Å². The van der Waals surface area contributed by atoms with Gasteiger partial charge in [0.25, 0.3) is 0 Å². The van der Waals surface area contributed by atoms with Gasteiger partial charge >= 0.3 is 0 Å². The maximum Gasteiger partial charge on any atom is 0.191 e. The number of nitrogens with zero attached hydrogens (tertiary/aromatic N) is 1. The molecule has 0 heterocycles. The second-order valence-corrected chi connectivity index (χ2v) is 5.93. The summed E-state index contributed by atoms with van der Waals surface area (Å²) in [4.78, 5) is 2.57. The average Bonchev–Trinajstić information content (AvgIpc) is 2.59. The summed E-state index contributed by atoms with van der Waals surface area (Å²) < 4.78 is 11.1. The van der Waals surface area contributed by atoms with Gasteiger partial charge < -0.3 is 14.4 Å². The summed E-state index contributed by atoms with van der Waals surface area (Å²) in [5.74, 6) is 0.730. The molecule has 2 rings (SSSR count). The van der Waals surface area contributed by atoms with E-state index in [1.54, 1.807) is 7.11 Å². The largest absolute Gasteiger partial charge is 0.489 e. The molecule has 0 N–H and O–H groups in total. The molecule has 5 heteroatoms. The van der Waals surface area contributed by atoms with Crippen LogP contribution in [-0.2, 0) is 11.3 Å². The van der Waals surface area contributed by atoms with Crippen LogP contribution in [0, 0.1) is 0 Å². The summed E-state index contributed by atoms with van der Waals surface area (Å²) in [5.41, 5.74) is 2.74. The molecule has 0 aliphatic carbocycles. The topological polar surface area (TPSA) is 21.7 Å². The van der Waals surface area contributed by atoms with Crippen molar-refractivity contribution in [2.24, 2.45) is 0 Å². The fourth-order valence-corrected chi connectivity index (χ4v) is 2.41. The molecule has 0 saturated heterocycles. The molecule has 2 aromatic rings. The molecule has 2 aromatic carbocycles. The Morgan fingerprint density at radius 3 is 2.30 bits per heavy atom. The molecule has 0 saturated carbocycles. The fourth-order valence-electron chi connectivity index (χ4n) is 2.06. The van der Waals surface area contributed by atoms with Crippen LogP contribution >= 0.6 is 24.4 Å². The summed E-state index contributed by atoms with van der Waals surface area (Å²) in [7, 11) is 5.37. The lowest BCUT2D eigenvalue weighted by molar-refractivity contribution is 0.306. The van der Waals surface area contributed by atoms with E-state index in [-0.39, 0.29) is 0 Å². The van der Waals surface area contributed by atoms with Crippen LogP contribution in [0.3, 0.4) is 0 Å². The van der Waals surface area contributed by atoms with Gasteiger partial charge in [-0.15, -0.1) is 0 Å². The SMILES string of the molecule is COC(=S)c1cc(OCc2ccccc2)ccc1C(=S)N(C)C. The van der Waals surface area contributed by atoms with E-state index in [0.29, 0.717) is 16.6 Å². The second kappa shape index (κ2) is 8.04. The maximum atomic E-state index is 5.85. The first-order chi connectivity index (χ1) is 11.0. The zero-order chi connectivity index (χ0) is 16.8. The van der Waals surface area contributed by atoms with Gasteiger partial charge in [-0.05, 0) is 36.0 Å². The van der Waals surface area contributed by atoms with Crippen molar-refractivity contribution in [3.05, 3.63) is 65.2 Å². The highest BCUT2D eigenvalue weighted by molar-refractivity contribution is 7.81. The van der Waals surface area contributed by atoms with E-state index in [4.69, 9.17) is 33.9 Å². The molecule has 0 aromatic heterocycles. The van der Waals surface area contributed by atoms with E-state index < -0.39 is 0 Å². The molecular formula is C18H19NO2S2. The highest BCUT2D eigenvalue weighted by Gasteiger charge is 2.15. The third-order valence-electron chi connectivity index (χ3n) is 3.28. The van der Waals surface area contributed by atoms with Crippen LogP contribution in [0.4, 0.5) is 0 Å². The predicted molar refractivity (Wildman–Crippen MR) is 101 cm³/mol. The fraction of sp³-hybridized carbons (Fsp3) is 0.222. The molecule has 0 atom stereocenters. The molecule has 3 nitrogen and oxygen atoms in total. The van der Waals surface area contributed by atoms with Gasteiger partial charge in [0.2, 0.25) is 0 Å². The second-order valence-electron chi connectivity index (χ2n) is 5.17. The zero-order valence-electron chi connectivity index (χ0n) is 13.4. The standard InChI is InChI=1S/C18H19NO2S2/c1-19(2)17(22)15-10-9-14(11-16(15)18(23)20-3)21-12-13-7-5-4-6-8-13/h4-11H,12H2,1-3H3. The monoisotopic (exact) mass is 345 g/mol. The first-order valence-corrected chi connectivity index (χ1v) is 7.95. The number of thiocarbonyl (C=S) groups is 2. The lowest BCUT2D eigenvalue weighted by Crippen LogP contribution is -2.23. The highest BCUT2D eigenvalue weighted by atomic mass is 32.1. The van der Waals surface area contributed by atoms with Crippen molar-refractivity contribution >= 4 is 34.5 Å².